The second kappa shape index (κ2) is 39.9. The molecular formula is C38H71N11O15S. The molecule has 27 heteroatoms. The molecule has 26 nitrogen and oxygen atoms in total. The van der Waals surface area contributed by atoms with Gasteiger partial charge in [-0.25, -0.2) is 0 Å². The normalized spacial score (nSPS) is 14.4. The monoisotopic (exact) mass is 953 g/mol. The van der Waals surface area contributed by atoms with Crippen molar-refractivity contribution in [2.24, 2.45) is 46.1 Å². The first-order valence-corrected chi connectivity index (χ1v) is 21.1. The van der Waals surface area contributed by atoms with Crippen LogP contribution >= 0.6 is 11.8 Å². The Morgan fingerprint density at radius 3 is 1.63 bits per heavy atom. The van der Waals surface area contributed by atoms with Gasteiger partial charge in [-0.3, -0.25) is 39.0 Å². The highest BCUT2D eigenvalue weighted by molar-refractivity contribution is 7.98. The topological polar surface area (TPSA) is 527 Å². The lowest BCUT2D eigenvalue weighted by molar-refractivity contribution is -0.140. The van der Waals surface area contributed by atoms with E-state index in [-0.39, 0.29) is 18.5 Å². The number of para-hydroxylation sites is 1. The molecule has 0 bridgehead atoms. The number of carboxylic acid groups (broad SMARTS) is 7. The zero-order valence-electron chi connectivity index (χ0n) is 36.8. The first kappa shape index (κ1) is 66.0. The maximum Gasteiger partial charge on any atom is 0.322 e. The number of aliphatic hydroxyl groups excluding tert-OH is 1. The lowest BCUT2D eigenvalue weighted by Crippen LogP contribution is -2.34. The summed E-state index contributed by atoms with van der Waals surface area (Å²) in [6, 6.07) is 3.33. The number of aliphatic hydroxyl groups is 1. The van der Waals surface area contributed by atoms with E-state index in [2.05, 4.69) is 21.4 Å². The molecule has 1 aromatic carbocycles. The quantitative estimate of drug-likeness (QED) is 0.0397. The molecule has 0 saturated carbocycles. The summed E-state index contributed by atoms with van der Waals surface area (Å²) in [5.74, 6) is -5.61. The Morgan fingerprint density at radius 2 is 1.29 bits per heavy atom. The highest BCUT2D eigenvalue weighted by Crippen LogP contribution is 2.18. The molecular weight excluding hydrogens is 883 g/mol. The van der Waals surface area contributed by atoms with Gasteiger partial charge in [-0.05, 0) is 74.6 Å². The van der Waals surface area contributed by atoms with E-state index in [1.807, 2.05) is 50.6 Å². The van der Waals surface area contributed by atoms with Gasteiger partial charge < -0.3 is 96.6 Å². The van der Waals surface area contributed by atoms with Gasteiger partial charge in [0.25, 0.3) is 0 Å². The largest absolute Gasteiger partial charge is 0.480 e. The van der Waals surface area contributed by atoms with Crippen molar-refractivity contribution in [1.82, 2.24) is 15.6 Å². The molecule has 0 radical (unpaired) electrons. The number of aliphatic carboxylic acids is 7. The van der Waals surface area contributed by atoms with E-state index < -0.39 is 78.6 Å². The summed E-state index contributed by atoms with van der Waals surface area (Å²) in [5, 5.41) is 78.7. The molecule has 5 unspecified atom stereocenters. The van der Waals surface area contributed by atoms with Crippen molar-refractivity contribution >= 4 is 70.4 Å². The highest BCUT2D eigenvalue weighted by atomic mass is 32.2. The predicted molar refractivity (Wildman–Crippen MR) is 244 cm³/mol. The number of thioether (sulfide) groups is 1. The van der Waals surface area contributed by atoms with Crippen LogP contribution in [0, 0.1) is 11.3 Å². The van der Waals surface area contributed by atoms with Gasteiger partial charge in [-0.1, -0.05) is 32.0 Å². The van der Waals surface area contributed by atoms with Crippen molar-refractivity contribution in [2.45, 2.75) is 95.0 Å². The number of guanidine groups is 1. The van der Waals surface area contributed by atoms with E-state index in [4.69, 9.17) is 80.7 Å². The molecule has 1 aromatic heterocycles. The van der Waals surface area contributed by atoms with Gasteiger partial charge in [0, 0.05) is 30.1 Å². The molecule has 0 amide bonds. The molecule has 0 spiro atoms. The van der Waals surface area contributed by atoms with Crippen molar-refractivity contribution in [3.63, 3.8) is 0 Å². The summed E-state index contributed by atoms with van der Waals surface area (Å²) < 4.78 is 0. The van der Waals surface area contributed by atoms with Crippen molar-refractivity contribution in [3.8, 4) is 0 Å². The lowest BCUT2D eigenvalue weighted by Gasteiger charge is -2.07. The van der Waals surface area contributed by atoms with Crippen LogP contribution in [0.4, 0.5) is 0 Å². The van der Waals surface area contributed by atoms with Crippen molar-refractivity contribution in [1.29, 1.82) is 5.41 Å². The molecule has 6 atom stereocenters. The molecule has 2 aromatic rings. The number of aromatic amines is 1. The Labute approximate surface area is 380 Å². The Hall–Kier alpha value is -5.65. The third-order valence-corrected chi connectivity index (χ3v) is 8.44. The number of carbonyl (C=O) groups is 7. The predicted octanol–water partition coefficient (Wildman–Crippen LogP) is -2.38. The minimum Gasteiger partial charge on any atom is -0.480 e. The van der Waals surface area contributed by atoms with Gasteiger partial charge in [-0.15, -0.1) is 0 Å². The number of H-pyrrole nitrogens is 1. The fourth-order valence-corrected chi connectivity index (χ4v) is 4.73. The van der Waals surface area contributed by atoms with Crippen molar-refractivity contribution in [3.05, 3.63) is 36.0 Å². The average molecular weight is 954 g/mol. The summed E-state index contributed by atoms with van der Waals surface area (Å²) >= 11 is 1.60. The summed E-state index contributed by atoms with van der Waals surface area (Å²) in [4.78, 5) is 73.1. The Kier molecular flexibility index (Phi) is 40.5. The number of fused-ring (bicyclic) bond motifs is 1. The van der Waals surface area contributed by atoms with Gasteiger partial charge in [0.1, 0.15) is 36.3 Å². The zero-order chi connectivity index (χ0) is 51.2. The van der Waals surface area contributed by atoms with E-state index >= 15 is 0 Å². The summed E-state index contributed by atoms with van der Waals surface area (Å²) in [5.41, 5.74) is 37.4. The molecule has 1 aliphatic rings. The fraction of sp³-hybridized carbons (Fsp3) is 0.579. The van der Waals surface area contributed by atoms with Gasteiger partial charge >= 0.3 is 41.8 Å². The molecule has 2 heterocycles. The number of hydrogen-bond donors (Lipinski definition) is 19. The van der Waals surface area contributed by atoms with Gasteiger partial charge in [0.05, 0.1) is 13.2 Å². The van der Waals surface area contributed by atoms with Crippen LogP contribution in [0.3, 0.4) is 0 Å². The van der Waals surface area contributed by atoms with E-state index in [1.165, 1.54) is 0 Å². The molecule has 374 valence electrons. The number of aromatic nitrogens is 1. The molecule has 1 saturated heterocycles. The lowest BCUT2D eigenvalue weighted by atomic mass is 10.1. The third-order valence-electron chi connectivity index (χ3n) is 7.80. The minimum atomic E-state index is -1.18. The van der Waals surface area contributed by atoms with Crippen LogP contribution in [0.25, 0.3) is 10.9 Å². The van der Waals surface area contributed by atoms with Crippen LogP contribution in [0.2, 0.25) is 0 Å². The standard InChI is InChI=1S/C11H12N2O2.C6H14N4O2.C6H13NO2.C5H11NO2S.C5H9NO2.C3H7NO3.C2H5NO2/c12-9(11(14)15)5-7-6-13-10-4-2-1-3-8(7)10;7-4(5(11)12)2-1-3-10-6(8)9;1-4(2)3-5(7)6(8)9;1-9-3-2-4(6)5(7)8;7-5(8)4-2-1-3-6-4;4-2(1-5)3(6)7;3-1-2(4)5/h1-4,6,9,13H,5,12H2,(H,14,15);4H,1-3,7H2,(H,11,12)(H4,8,9,10);4-5H,3,7H2,1-2H3,(H,8,9);4H,2-3,6H2,1H3,(H,7,8);4,6H,1-3H2,(H,7,8);2,5H,1,4H2,(H,6,7);1,3H2,(H,4,5)/t;;;;4-;;/m....0../s1. The molecule has 26 N–H and O–H groups in total. The molecule has 1 aliphatic heterocycles. The van der Waals surface area contributed by atoms with Crippen molar-refractivity contribution in [2.75, 3.05) is 38.2 Å². The maximum atomic E-state index is 10.6. The SMILES string of the molecule is CC(C)CC(N)C(=O)O.CSCCC(N)C(=O)O.N=C(N)NCCCC(N)C(=O)O.NC(CO)C(=O)O.NC(Cc1c[nH]c2ccccc12)C(=O)O.NCC(=O)O.O=C(O)[C@@H]1CCCN1. The van der Waals surface area contributed by atoms with Gasteiger partial charge in [-0.2, -0.15) is 11.8 Å². The molecule has 0 aliphatic carbocycles. The van der Waals surface area contributed by atoms with Crippen LogP contribution < -0.4 is 50.8 Å². The Morgan fingerprint density at radius 1 is 0.800 bits per heavy atom. The Balaban J connectivity index is -0.000000343. The third kappa shape index (κ3) is 39.7. The van der Waals surface area contributed by atoms with Gasteiger partial charge in [0.15, 0.2) is 5.96 Å². The van der Waals surface area contributed by atoms with E-state index in [0.29, 0.717) is 44.6 Å². The Bertz CT molecular complexity index is 1680. The fourth-order valence-electron chi connectivity index (χ4n) is 4.24. The van der Waals surface area contributed by atoms with Crippen LogP contribution in [-0.2, 0) is 40.0 Å². The summed E-state index contributed by atoms with van der Waals surface area (Å²) in [6.45, 7) is 4.45. The van der Waals surface area contributed by atoms with Crippen LogP contribution in [0.15, 0.2) is 30.5 Å². The second-order valence-corrected chi connectivity index (χ2v) is 14.9. The smallest absolute Gasteiger partial charge is 0.322 e. The second-order valence-electron chi connectivity index (χ2n) is 13.9. The van der Waals surface area contributed by atoms with Gasteiger partial charge in [0.2, 0.25) is 0 Å². The highest BCUT2D eigenvalue weighted by Gasteiger charge is 2.20. The van der Waals surface area contributed by atoms with E-state index in [0.717, 1.165) is 41.6 Å². The number of carboxylic acids is 7. The minimum absolute atomic E-state index is 0.112. The first-order valence-electron chi connectivity index (χ1n) is 19.7. The number of nitrogens with one attached hydrogen (secondary N) is 4. The van der Waals surface area contributed by atoms with Crippen LogP contribution in [-0.4, -0.2) is 168 Å². The average Bonchev–Trinajstić information content (AvgIpc) is 3.93. The molecule has 65 heavy (non-hydrogen) atoms. The number of rotatable bonds is 19. The van der Waals surface area contributed by atoms with Crippen LogP contribution in [0.1, 0.15) is 57.9 Å². The van der Waals surface area contributed by atoms with Crippen LogP contribution in [0.5, 0.6) is 0 Å². The van der Waals surface area contributed by atoms with Crippen molar-refractivity contribution < 1.29 is 74.4 Å². The van der Waals surface area contributed by atoms with E-state index in [1.54, 1.807) is 11.8 Å². The van der Waals surface area contributed by atoms with E-state index in [9.17, 15) is 33.6 Å². The zero-order valence-corrected chi connectivity index (χ0v) is 37.6. The number of hydrogen-bond acceptors (Lipinski definition) is 17. The molecule has 1 fully saturated rings. The number of nitrogens with two attached hydrogens (primary N) is 7. The summed E-state index contributed by atoms with van der Waals surface area (Å²) in [7, 11) is 0. The maximum absolute atomic E-state index is 10.6. The summed E-state index contributed by atoms with van der Waals surface area (Å²) in [6.07, 6.45) is 7.95. The number of benzene rings is 1. The molecule has 3 rings (SSSR count). The first-order chi connectivity index (χ1) is 30.2.